The second-order valence-corrected chi connectivity index (χ2v) is 10.5. The number of H-pyrrole nitrogens is 1. The van der Waals surface area contributed by atoms with Crippen LogP contribution in [0.2, 0.25) is 0 Å². The molecule has 41 heavy (non-hydrogen) atoms. The summed E-state index contributed by atoms with van der Waals surface area (Å²) in [5, 5.41) is 10.4. The third kappa shape index (κ3) is 7.86. The van der Waals surface area contributed by atoms with Crippen molar-refractivity contribution in [3.05, 3.63) is 59.7 Å². The fourth-order valence-electron chi connectivity index (χ4n) is 5.10. The lowest BCUT2D eigenvalue weighted by Crippen LogP contribution is -2.56. The summed E-state index contributed by atoms with van der Waals surface area (Å²) < 4.78 is 4.93. The molecule has 5 N–H and O–H groups in total. The van der Waals surface area contributed by atoms with Crippen LogP contribution in [0.5, 0.6) is 0 Å². The molecule has 1 aliphatic rings. The van der Waals surface area contributed by atoms with Gasteiger partial charge < -0.3 is 25.7 Å². The maximum atomic E-state index is 13.5. The van der Waals surface area contributed by atoms with Gasteiger partial charge in [-0.15, -0.1) is 0 Å². The number of methoxy groups -OCH3 is 1. The first-order valence-corrected chi connectivity index (χ1v) is 14.1. The maximum Gasteiger partial charge on any atom is 0.328 e. The Bertz CT molecular complexity index is 1450. The molecule has 10 nitrogen and oxygen atoms in total. The van der Waals surface area contributed by atoms with E-state index in [0.29, 0.717) is 32.2 Å². The lowest BCUT2D eigenvalue weighted by atomic mass is 10.00. The molecule has 3 aromatic rings. The molecule has 11 heteroatoms. The molecule has 0 saturated heterocycles. The van der Waals surface area contributed by atoms with Crippen LogP contribution in [0, 0.1) is 0 Å². The van der Waals surface area contributed by atoms with Crippen molar-refractivity contribution in [2.45, 2.75) is 63.6 Å². The number of benzene rings is 2. The summed E-state index contributed by atoms with van der Waals surface area (Å²) in [4.78, 5) is 57.5. The van der Waals surface area contributed by atoms with Gasteiger partial charge in [0.1, 0.15) is 18.1 Å². The Morgan fingerprint density at radius 3 is 2.37 bits per heavy atom. The minimum absolute atomic E-state index is 0.225. The zero-order valence-corrected chi connectivity index (χ0v) is 24.0. The summed E-state index contributed by atoms with van der Waals surface area (Å²) in [5.74, 6) is -1.95. The number of aromatic amines is 1. The van der Waals surface area contributed by atoms with E-state index in [1.54, 1.807) is 0 Å². The first-order valence-electron chi connectivity index (χ1n) is 13.8. The van der Waals surface area contributed by atoms with E-state index in [9.17, 15) is 19.2 Å². The number of hydrogen-bond donors (Lipinski definition) is 5. The van der Waals surface area contributed by atoms with E-state index >= 15 is 0 Å². The van der Waals surface area contributed by atoms with Crippen LogP contribution in [0.25, 0.3) is 21.8 Å². The largest absolute Gasteiger partial charge is 0.467 e. The number of aromatic nitrogens is 1. The summed E-state index contributed by atoms with van der Waals surface area (Å²) in [6, 6.07) is 9.35. The Morgan fingerprint density at radius 2 is 1.68 bits per heavy atom. The van der Waals surface area contributed by atoms with Gasteiger partial charge in [-0.3, -0.25) is 14.4 Å². The van der Waals surface area contributed by atoms with Crippen molar-refractivity contribution in [2.75, 3.05) is 13.7 Å². The minimum Gasteiger partial charge on any atom is -0.467 e. The number of hydrogen-bond acceptors (Lipinski definition) is 6. The maximum absolute atomic E-state index is 13.5. The van der Waals surface area contributed by atoms with Crippen molar-refractivity contribution >= 4 is 57.3 Å². The molecule has 0 spiro atoms. The predicted octanol–water partition coefficient (Wildman–Crippen LogP) is 2.93. The molecule has 3 amide bonds. The van der Waals surface area contributed by atoms with E-state index in [-0.39, 0.29) is 18.7 Å². The van der Waals surface area contributed by atoms with Crippen LogP contribution in [0.15, 0.2) is 48.6 Å². The van der Waals surface area contributed by atoms with Gasteiger partial charge in [0, 0.05) is 41.7 Å². The Hall–Kier alpha value is -3.89. The molecule has 0 fully saturated rings. The minimum atomic E-state index is -0.935. The third-order valence-corrected chi connectivity index (χ3v) is 7.39. The van der Waals surface area contributed by atoms with Crippen molar-refractivity contribution in [1.29, 1.82) is 0 Å². The molecule has 2 heterocycles. The zero-order chi connectivity index (χ0) is 29.4. The van der Waals surface area contributed by atoms with Crippen LogP contribution < -0.4 is 20.8 Å². The number of esters is 1. The highest BCUT2D eigenvalue weighted by molar-refractivity contribution is 6.13. The smallest absolute Gasteiger partial charge is 0.328 e. The molecule has 0 radical (unpaired) electrons. The highest BCUT2D eigenvalue weighted by Crippen LogP contribution is 2.28. The van der Waals surface area contributed by atoms with Gasteiger partial charge in [-0.25, -0.2) is 9.63 Å². The summed E-state index contributed by atoms with van der Waals surface area (Å²) in [5.41, 5.74) is 3.91. The van der Waals surface area contributed by atoms with Crippen molar-refractivity contribution in [1.82, 2.24) is 25.8 Å². The first-order chi connectivity index (χ1) is 19.8. The first kappa shape index (κ1) is 30.1. The standard InChI is InChI=1S/C30H36ClN5O5/c1-18(37)33-27-17-20-11-13-24-22(16-20)21-15-19(10-12-23(21)34-24)7-3-4-9-26(30(40)41-2)36-28(38)25(35-29(27)39)8-5-6-14-32-31/h3-4,10-13,15-16,25-27,32,34H,5-9,14,17H2,1-2H3,(H,33,37)(H,35,39)(H,36,38)/t25-,26+,27?/m1/s1. The van der Waals surface area contributed by atoms with Crippen molar-refractivity contribution in [2.24, 2.45) is 0 Å². The predicted molar refractivity (Wildman–Crippen MR) is 158 cm³/mol. The number of rotatable bonds is 7. The molecule has 0 aliphatic carbocycles. The fourth-order valence-corrected chi connectivity index (χ4v) is 5.23. The van der Waals surface area contributed by atoms with E-state index in [4.69, 9.17) is 16.5 Å². The zero-order valence-electron chi connectivity index (χ0n) is 23.2. The SMILES string of the molecule is COC(=O)[C@@H]1CC=CCc2ccc3[nH]c4ccc(cc4c3c2)CC(NC(C)=O)C(=O)N[C@H](CCCCNCl)C(=O)N1. The molecule has 218 valence electrons. The van der Waals surface area contributed by atoms with Crippen LogP contribution >= 0.6 is 11.8 Å². The molecule has 3 atom stereocenters. The summed E-state index contributed by atoms with van der Waals surface area (Å²) >= 11 is 5.57. The molecule has 0 saturated carbocycles. The van der Waals surface area contributed by atoms with E-state index in [2.05, 4.69) is 31.8 Å². The molecular weight excluding hydrogens is 546 g/mol. The highest BCUT2D eigenvalue weighted by Gasteiger charge is 2.29. The van der Waals surface area contributed by atoms with E-state index in [1.807, 2.05) is 42.5 Å². The Balaban J connectivity index is 1.72. The van der Waals surface area contributed by atoms with Crippen molar-refractivity contribution in [3.8, 4) is 0 Å². The van der Waals surface area contributed by atoms with Gasteiger partial charge in [0.2, 0.25) is 17.7 Å². The molecular formula is C30H36ClN5O5. The van der Waals surface area contributed by atoms with Crippen LogP contribution in [0.3, 0.4) is 0 Å². The lowest BCUT2D eigenvalue weighted by Gasteiger charge is -2.25. The van der Waals surface area contributed by atoms with Gasteiger partial charge in [-0.05, 0) is 79.3 Å². The van der Waals surface area contributed by atoms with Gasteiger partial charge in [-0.2, -0.15) is 0 Å². The van der Waals surface area contributed by atoms with Crippen LogP contribution in [-0.4, -0.2) is 60.5 Å². The number of amides is 3. The second kappa shape index (κ2) is 14.1. The van der Waals surface area contributed by atoms with Crippen LogP contribution in [0.4, 0.5) is 0 Å². The second-order valence-electron chi connectivity index (χ2n) is 10.3. The Morgan fingerprint density at radius 1 is 0.976 bits per heavy atom. The fraction of sp³-hybridized carbons (Fsp3) is 0.400. The number of unbranched alkanes of at least 4 members (excludes halogenated alkanes) is 1. The molecule has 1 aromatic heterocycles. The average Bonchev–Trinajstić information content (AvgIpc) is 3.31. The normalized spacial score (nSPS) is 20.1. The van der Waals surface area contributed by atoms with Crippen molar-refractivity contribution in [3.63, 3.8) is 0 Å². The van der Waals surface area contributed by atoms with E-state index < -0.39 is 35.9 Å². The van der Waals surface area contributed by atoms with E-state index in [0.717, 1.165) is 32.9 Å². The van der Waals surface area contributed by atoms with Crippen LogP contribution in [0.1, 0.15) is 43.7 Å². The van der Waals surface area contributed by atoms with Gasteiger partial charge >= 0.3 is 5.97 Å². The summed E-state index contributed by atoms with van der Waals surface area (Å²) in [7, 11) is 1.27. The van der Waals surface area contributed by atoms with E-state index in [1.165, 1.54) is 14.0 Å². The van der Waals surface area contributed by atoms with Gasteiger partial charge in [0.05, 0.1) is 7.11 Å². The molecule has 4 rings (SSSR count). The average molecular weight is 582 g/mol. The van der Waals surface area contributed by atoms with Crippen molar-refractivity contribution < 1.29 is 23.9 Å². The monoisotopic (exact) mass is 581 g/mol. The number of fused-ring (bicyclic) bond motifs is 2. The number of carbonyl (C=O) groups is 4. The van der Waals surface area contributed by atoms with Gasteiger partial charge in [-0.1, -0.05) is 24.3 Å². The topological polar surface area (TPSA) is 141 Å². The molecule has 4 bridgehead atoms. The molecule has 2 aromatic carbocycles. The van der Waals surface area contributed by atoms with Gasteiger partial charge in [0.25, 0.3) is 0 Å². The summed E-state index contributed by atoms with van der Waals surface area (Å²) in [6.45, 7) is 1.88. The van der Waals surface area contributed by atoms with Crippen LogP contribution in [-0.2, 0) is 36.8 Å². The number of carbonyl (C=O) groups excluding carboxylic acids is 4. The van der Waals surface area contributed by atoms with Gasteiger partial charge in [0.15, 0.2) is 0 Å². The highest BCUT2D eigenvalue weighted by atomic mass is 35.5. The lowest BCUT2D eigenvalue weighted by molar-refractivity contribution is -0.145. The number of ether oxygens (including phenoxy) is 1. The number of allylic oxidation sites excluding steroid dienone is 1. The number of nitrogens with one attached hydrogen (secondary N) is 5. The number of halogens is 1. The Kier molecular flexibility index (Phi) is 10.4. The summed E-state index contributed by atoms with van der Waals surface area (Å²) in [6.07, 6.45) is 6.47. The third-order valence-electron chi connectivity index (χ3n) is 7.20. The molecule has 1 aliphatic heterocycles. The Labute approximate surface area is 243 Å². The quantitative estimate of drug-likeness (QED) is 0.126. The molecule has 1 unspecified atom stereocenters.